The van der Waals surface area contributed by atoms with Crippen LogP contribution in [0.1, 0.15) is 12.8 Å². The third-order valence-electron chi connectivity index (χ3n) is 15.8. The summed E-state index contributed by atoms with van der Waals surface area (Å²) < 4.78 is 120. The van der Waals surface area contributed by atoms with E-state index in [2.05, 4.69) is 0 Å². The molecule has 0 radical (unpaired) electrons. The van der Waals surface area contributed by atoms with Gasteiger partial charge >= 0.3 is 0 Å². The summed E-state index contributed by atoms with van der Waals surface area (Å²) in [6.45, 7) is -7.40. The van der Waals surface area contributed by atoms with Gasteiger partial charge in [-0.15, -0.1) is 0 Å². The molecule has 39 heteroatoms. The van der Waals surface area contributed by atoms with Gasteiger partial charge in [0.2, 0.25) is 0 Å². The van der Waals surface area contributed by atoms with Crippen molar-refractivity contribution in [2.75, 3.05) is 58.6 Å². The third-order valence-corrected chi connectivity index (χ3v) is 16.6. The van der Waals surface area contributed by atoms with Crippen LogP contribution in [-0.2, 0) is 81.2 Å². The molecular weight excluding hydrogens is 1190 g/mol. The highest BCUT2D eigenvalue weighted by Crippen LogP contribution is 2.39. The Kier molecular flexibility index (Phi) is 24.4. The van der Waals surface area contributed by atoms with E-state index in [4.69, 9.17) is 71.1 Å². The Morgan fingerprint density at radius 3 is 0.659 bits per heavy atom. The zero-order chi connectivity index (χ0) is 62.1. The highest BCUT2D eigenvalue weighted by molar-refractivity contribution is 7.85. The number of hydrogen-bond acceptors (Lipinski definition) is 38. The molecule has 14 bridgehead atoms. The van der Waals surface area contributed by atoms with Gasteiger partial charge in [-0.05, 0) is 12.8 Å². The molecule has 0 amide bonds. The van der Waals surface area contributed by atoms with Gasteiger partial charge in [0, 0.05) is 12.4 Å². The van der Waals surface area contributed by atoms with Crippen LogP contribution in [0.3, 0.4) is 0 Å². The van der Waals surface area contributed by atoms with Gasteiger partial charge in [-0.2, -0.15) is 0 Å². The van der Waals surface area contributed by atoms with E-state index in [0.717, 1.165) is 0 Å². The Morgan fingerprint density at radius 1 is 0.282 bits per heavy atom. The minimum absolute atomic E-state index is 0.0363. The van der Waals surface area contributed by atoms with Crippen molar-refractivity contribution < 1.29 is 186 Å². The molecule has 0 aromatic rings. The summed E-state index contributed by atoms with van der Waals surface area (Å²) in [5.74, 6) is -0.760. The molecule has 0 unspecified atom stereocenters. The van der Waals surface area contributed by atoms with Gasteiger partial charge in [-0.25, -0.2) is 8.42 Å². The van der Waals surface area contributed by atoms with E-state index in [1.165, 1.54) is 0 Å². The summed E-state index contributed by atoms with van der Waals surface area (Å²) in [7, 11) is -4.62. The lowest BCUT2D eigenvalue weighted by Crippen LogP contribution is -2.68. The van der Waals surface area contributed by atoms with Crippen molar-refractivity contribution in [1.29, 1.82) is 0 Å². The second-order valence-corrected chi connectivity index (χ2v) is 23.0. The average molecular weight is 1270 g/mol. The summed E-state index contributed by atoms with van der Waals surface area (Å²) >= 11 is 0. The van der Waals surface area contributed by atoms with Gasteiger partial charge in [0.05, 0.1) is 56.4 Å². The molecule has 0 spiro atoms. The van der Waals surface area contributed by atoms with E-state index in [0.29, 0.717) is 0 Å². The Hall–Kier alpha value is -1.49. The number of unbranched alkanes of at least 4 members (excludes halogenated alkanes) is 1. The summed E-state index contributed by atoms with van der Waals surface area (Å²) in [5, 5.41) is 222. The zero-order valence-corrected chi connectivity index (χ0v) is 45.5. The molecule has 0 aromatic heterocycles. The first-order valence-electron chi connectivity index (χ1n) is 27.2. The second-order valence-electron chi connectivity index (χ2n) is 21.5. The maximum absolute atomic E-state index is 11.7. The lowest BCUT2D eigenvalue weighted by atomic mass is 9.95. The SMILES string of the molecule is O=S(=O)([O-])CCCCOC[C@H]1O[C@@H]2O[C@H]3[C@H](O)[C@@H](O)[C@@H](O[C@H]4[C@H](O)[C@@H](O)[C@@H](O[C@H]5[C@H](O)[C@@H](O)[C@@H](O[C@H]6[C@H](O)[C@@H](O)[C@@H](O[C@H]7[C@H](O)[C@@H](O)[C@@H](O[C@H]8[C@H](O)[C@@H](O)[C@@H](O[C@H]1[C@H](O)[C@H]2O)O[C@@H]8CO)O[C@@H]7CO)O[C@@H]6CO)O[C@@H]5CO)O[C@@H]4CO)O[C@@H]3CO. The number of aliphatic hydroxyl groups is 20. The van der Waals surface area contributed by atoms with Gasteiger partial charge in [0.15, 0.2) is 44.0 Å². The maximum atomic E-state index is 11.7. The zero-order valence-electron chi connectivity index (χ0n) is 44.7. The lowest BCUT2D eigenvalue weighted by Gasteiger charge is -2.50. The summed E-state index contributed by atoms with van der Waals surface area (Å²) in [5.41, 5.74) is 0. The quantitative estimate of drug-likeness (QED) is 0.0601. The molecular formula is C46H77O38S-. The van der Waals surface area contributed by atoms with Crippen LogP contribution in [0.5, 0.6) is 0 Å². The van der Waals surface area contributed by atoms with Gasteiger partial charge in [0.25, 0.3) is 0 Å². The van der Waals surface area contributed by atoms with E-state index in [-0.39, 0.29) is 19.4 Å². The first-order chi connectivity index (χ1) is 40.3. The van der Waals surface area contributed by atoms with Gasteiger partial charge in [0.1, 0.15) is 171 Å². The predicted octanol–water partition coefficient (Wildman–Crippen LogP) is -14.9. The van der Waals surface area contributed by atoms with Crippen LogP contribution in [-0.4, -0.2) is 389 Å². The number of rotatable bonds is 13. The van der Waals surface area contributed by atoms with Crippen molar-refractivity contribution in [1.82, 2.24) is 0 Å². The summed E-state index contributed by atoms with van der Waals surface area (Å²) in [4.78, 5) is 0. The van der Waals surface area contributed by atoms with E-state index in [1.54, 1.807) is 0 Å². The highest BCUT2D eigenvalue weighted by Gasteiger charge is 2.59. The largest absolute Gasteiger partial charge is 0.748 e. The van der Waals surface area contributed by atoms with Crippen LogP contribution in [0.15, 0.2) is 0 Å². The van der Waals surface area contributed by atoms with Crippen LogP contribution >= 0.6 is 0 Å². The van der Waals surface area contributed by atoms with E-state index >= 15 is 0 Å². The molecule has 0 aromatic carbocycles. The molecule has 20 N–H and O–H groups in total. The maximum Gasteiger partial charge on any atom is 0.187 e. The Labute approximate surface area is 481 Å². The standard InChI is InChI=1S/C46H78O38S/c47-5-12-33-20(54)27(61)41(72-12)80-35-14(7-49)74-43(29(63)22(35)56)82-37-16(9-51)76-45(31(65)24(37)58)84-39-18(11-70-3-1-2-4-85(67,68)69)77-46(32(66)25(39)59)83-38-17(10-52)75-44(30(64)23(38)57)81-36-15(8-50)73-42(28(62)21(36)55)79-34-13(6-48)71-40(78-33)26(60)19(34)53/h12-66H,1-11H2,(H,67,68,69)/p-1/t12-,13-,14-,15-,16-,17-,18-,19-,20-,21-,22-,23-,24-,25-,26-,27-,28-,29-,30-,31-,32-,33-,34-,35-,36-,37-,38-,39-,40-,41-,42-,43-,44-,45-,46-/m1/s1. The fraction of sp³-hybridized carbons (Fsp3) is 1.00. The van der Waals surface area contributed by atoms with Crippen LogP contribution in [0.2, 0.25) is 0 Å². The Bertz CT molecular complexity index is 2150. The summed E-state index contributed by atoms with van der Waals surface area (Å²) in [6, 6.07) is 0. The molecule has 0 saturated carbocycles. The fourth-order valence-corrected chi connectivity index (χ4v) is 11.6. The highest BCUT2D eigenvalue weighted by atomic mass is 32.2. The number of hydrogen-bond donors (Lipinski definition) is 20. The van der Waals surface area contributed by atoms with E-state index in [1.807, 2.05) is 0 Å². The molecule has 21 aliphatic rings. The summed E-state index contributed by atoms with van der Waals surface area (Å²) in [6.07, 6.45) is -71.7. The van der Waals surface area contributed by atoms with E-state index in [9.17, 15) is 115 Å². The van der Waals surface area contributed by atoms with Crippen LogP contribution in [0.25, 0.3) is 0 Å². The van der Waals surface area contributed by atoms with Crippen molar-refractivity contribution in [3.8, 4) is 0 Å². The van der Waals surface area contributed by atoms with Crippen molar-refractivity contribution in [2.45, 2.75) is 228 Å². The van der Waals surface area contributed by atoms with Crippen LogP contribution in [0, 0.1) is 0 Å². The Morgan fingerprint density at radius 2 is 0.471 bits per heavy atom. The van der Waals surface area contributed by atoms with Crippen LogP contribution in [0.4, 0.5) is 0 Å². The molecule has 21 fully saturated rings. The van der Waals surface area contributed by atoms with Crippen molar-refractivity contribution in [2.24, 2.45) is 0 Å². The minimum atomic E-state index is -4.62. The first-order valence-corrected chi connectivity index (χ1v) is 28.7. The van der Waals surface area contributed by atoms with E-state index < -0.39 is 277 Å². The monoisotopic (exact) mass is 1270 g/mol. The molecule has 0 aliphatic carbocycles. The molecule has 38 nitrogen and oxygen atoms in total. The first kappa shape index (κ1) is 69.4. The minimum Gasteiger partial charge on any atom is -0.748 e. The molecule has 21 rings (SSSR count). The topological polar surface area (TPSA) is 600 Å². The molecule has 21 aliphatic heterocycles. The number of ether oxygens (including phenoxy) is 15. The van der Waals surface area contributed by atoms with Crippen molar-refractivity contribution in [3.05, 3.63) is 0 Å². The smallest absolute Gasteiger partial charge is 0.187 e. The Balaban J connectivity index is 1.09. The van der Waals surface area contributed by atoms with Crippen molar-refractivity contribution in [3.63, 3.8) is 0 Å². The molecule has 35 atom stereocenters. The molecule has 496 valence electrons. The molecule has 21 heterocycles. The second kappa shape index (κ2) is 29.9. The molecule has 85 heavy (non-hydrogen) atoms. The van der Waals surface area contributed by atoms with Gasteiger partial charge in [-0.1, -0.05) is 0 Å². The van der Waals surface area contributed by atoms with Gasteiger partial charge < -0.3 is 178 Å². The third kappa shape index (κ3) is 15.1. The number of aliphatic hydroxyl groups excluding tert-OH is 20. The lowest BCUT2D eigenvalue weighted by molar-refractivity contribution is -0.397. The fourth-order valence-electron chi connectivity index (χ4n) is 11.1. The van der Waals surface area contributed by atoms with Gasteiger partial charge in [-0.3, -0.25) is 0 Å². The van der Waals surface area contributed by atoms with Crippen LogP contribution < -0.4 is 0 Å². The average Bonchev–Trinajstić information content (AvgIpc) is 3.55. The van der Waals surface area contributed by atoms with Crippen molar-refractivity contribution >= 4 is 10.1 Å². The predicted molar refractivity (Wildman–Crippen MR) is 256 cm³/mol. The molecule has 21 saturated heterocycles. The normalized spacial score (nSPS) is 51.5.